The number of nitrogens with zero attached hydrogens (tertiary/aromatic N) is 2. The van der Waals surface area contributed by atoms with Crippen molar-refractivity contribution in [2.45, 2.75) is 40.3 Å². The van der Waals surface area contributed by atoms with E-state index in [2.05, 4.69) is 46.3 Å². The van der Waals surface area contributed by atoms with Gasteiger partial charge in [-0.05, 0) is 60.0 Å². The summed E-state index contributed by atoms with van der Waals surface area (Å²) in [4.78, 5) is 0. The van der Waals surface area contributed by atoms with Crippen molar-refractivity contribution in [3.8, 4) is 0 Å². The average molecular weight is 340 g/mol. The molecule has 0 fully saturated rings. The molecule has 0 amide bonds. The van der Waals surface area contributed by atoms with E-state index in [4.69, 9.17) is 0 Å². The van der Waals surface area contributed by atoms with Crippen molar-refractivity contribution in [2.24, 2.45) is 0 Å². The first-order valence-electron chi connectivity index (χ1n) is 6.80. The lowest BCUT2D eigenvalue weighted by molar-refractivity contribution is 0.617. The highest BCUT2D eigenvalue weighted by atomic mass is 79.9. The number of hydrogen-bond donors (Lipinski definition) is 1. The van der Waals surface area contributed by atoms with E-state index >= 15 is 0 Å². The zero-order valence-electron chi connectivity index (χ0n) is 12.0. The Morgan fingerprint density at radius 1 is 1.30 bits per heavy atom. The van der Waals surface area contributed by atoms with Crippen LogP contribution in [0.1, 0.15) is 30.8 Å². The van der Waals surface area contributed by atoms with E-state index in [0.717, 1.165) is 35.6 Å². The van der Waals surface area contributed by atoms with Crippen molar-refractivity contribution in [3.63, 3.8) is 0 Å². The van der Waals surface area contributed by atoms with Crippen LogP contribution in [0.3, 0.4) is 0 Å². The largest absolute Gasteiger partial charge is 0.379 e. The van der Waals surface area contributed by atoms with Gasteiger partial charge in [-0.3, -0.25) is 4.68 Å². The van der Waals surface area contributed by atoms with Crippen LogP contribution in [0.15, 0.2) is 22.7 Å². The summed E-state index contributed by atoms with van der Waals surface area (Å²) in [6.45, 7) is 7.60. The minimum Gasteiger partial charge on any atom is -0.379 e. The molecule has 2 rings (SSSR count). The first kappa shape index (κ1) is 15.0. The van der Waals surface area contributed by atoms with Gasteiger partial charge < -0.3 is 5.32 Å². The van der Waals surface area contributed by atoms with E-state index in [1.165, 1.54) is 6.07 Å². The van der Waals surface area contributed by atoms with E-state index in [0.29, 0.717) is 11.0 Å². The molecule has 0 spiro atoms. The van der Waals surface area contributed by atoms with Crippen LogP contribution in [-0.2, 0) is 19.5 Å². The maximum Gasteiger partial charge on any atom is 0.137 e. The highest BCUT2D eigenvalue weighted by Gasteiger charge is 2.08. The van der Waals surface area contributed by atoms with Crippen LogP contribution in [0.25, 0.3) is 0 Å². The quantitative estimate of drug-likeness (QED) is 0.880. The number of benzene rings is 1. The van der Waals surface area contributed by atoms with Crippen molar-refractivity contribution >= 4 is 21.6 Å². The minimum atomic E-state index is -0.236. The lowest BCUT2D eigenvalue weighted by Gasteiger charge is -2.11. The van der Waals surface area contributed by atoms with Crippen LogP contribution in [-0.4, -0.2) is 9.78 Å². The second kappa shape index (κ2) is 6.39. The van der Waals surface area contributed by atoms with Gasteiger partial charge in [0.1, 0.15) is 5.82 Å². The first-order chi connectivity index (χ1) is 9.55. The normalized spacial score (nSPS) is 10.8. The Kier molecular flexibility index (Phi) is 4.81. The number of hydrogen-bond acceptors (Lipinski definition) is 2. The summed E-state index contributed by atoms with van der Waals surface area (Å²) in [7, 11) is 0. The van der Waals surface area contributed by atoms with Gasteiger partial charge in [0, 0.05) is 12.2 Å². The number of nitrogens with one attached hydrogen (secondary N) is 1. The monoisotopic (exact) mass is 339 g/mol. The second-order valence-corrected chi connectivity index (χ2v) is 5.59. The van der Waals surface area contributed by atoms with Gasteiger partial charge in [0.05, 0.1) is 22.4 Å². The molecule has 20 heavy (non-hydrogen) atoms. The van der Waals surface area contributed by atoms with Gasteiger partial charge in [-0.25, -0.2) is 4.39 Å². The third kappa shape index (κ3) is 3.20. The molecule has 0 saturated heterocycles. The Balaban J connectivity index is 2.16. The third-order valence-corrected chi connectivity index (χ3v) is 3.91. The smallest absolute Gasteiger partial charge is 0.137 e. The van der Waals surface area contributed by atoms with Gasteiger partial charge >= 0.3 is 0 Å². The van der Waals surface area contributed by atoms with Crippen molar-refractivity contribution < 1.29 is 4.39 Å². The lowest BCUT2D eigenvalue weighted by atomic mass is 10.2. The predicted molar refractivity (Wildman–Crippen MR) is 83.4 cm³/mol. The minimum absolute atomic E-state index is 0.236. The van der Waals surface area contributed by atoms with Crippen LogP contribution >= 0.6 is 15.9 Å². The molecule has 0 aliphatic carbocycles. The van der Waals surface area contributed by atoms with Gasteiger partial charge in [-0.2, -0.15) is 5.10 Å². The molecule has 3 nitrogen and oxygen atoms in total. The second-order valence-electron chi connectivity index (χ2n) is 4.73. The molecule has 0 aliphatic rings. The van der Waals surface area contributed by atoms with Gasteiger partial charge in [0.2, 0.25) is 0 Å². The van der Waals surface area contributed by atoms with Gasteiger partial charge in [-0.15, -0.1) is 0 Å². The van der Waals surface area contributed by atoms with Crippen molar-refractivity contribution in [1.82, 2.24) is 9.78 Å². The predicted octanol–water partition coefficient (Wildman–Crippen LogP) is 4.29. The van der Waals surface area contributed by atoms with Gasteiger partial charge in [-0.1, -0.05) is 6.92 Å². The Labute approximate surface area is 127 Å². The summed E-state index contributed by atoms with van der Waals surface area (Å²) in [6, 6.07) is 5.42. The van der Waals surface area contributed by atoms with E-state index < -0.39 is 0 Å². The molecule has 1 heterocycles. The van der Waals surface area contributed by atoms with E-state index in [-0.39, 0.29) is 5.82 Å². The molecular weight excluding hydrogens is 321 g/mol. The highest BCUT2D eigenvalue weighted by molar-refractivity contribution is 9.10. The average Bonchev–Trinajstić information content (AvgIpc) is 2.84. The lowest BCUT2D eigenvalue weighted by Crippen LogP contribution is -2.08. The number of aryl methyl sites for hydroxylation is 3. The standard InChI is InChI=1S/C15H19BrFN3/c1-4-11-7-12(20(5-2)19-11)9-18-15-8-13(16)14(17)6-10(15)3/h6-8,18H,4-5,9H2,1-3H3. The molecule has 1 N–H and O–H groups in total. The van der Waals surface area contributed by atoms with Crippen molar-refractivity contribution in [1.29, 1.82) is 0 Å². The number of rotatable bonds is 5. The number of aromatic nitrogens is 2. The summed E-state index contributed by atoms with van der Waals surface area (Å²) in [6.07, 6.45) is 0.932. The van der Waals surface area contributed by atoms with Crippen LogP contribution in [0.4, 0.5) is 10.1 Å². The molecule has 0 unspecified atom stereocenters. The Morgan fingerprint density at radius 2 is 2.05 bits per heavy atom. The molecule has 2 aromatic rings. The van der Waals surface area contributed by atoms with Crippen LogP contribution < -0.4 is 5.32 Å². The summed E-state index contributed by atoms with van der Waals surface area (Å²) in [5, 5.41) is 7.87. The van der Waals surface area contributed by atoms with Crippen LogP contribution in [0.5, 0.6) is 0 Å². The van der Waals surface area contributed by atoms with E-state index in [1.807, 2.05) is 11.6 Å². The maximum atomic E-state index is 13.4. The Bertz CT molecular complexity index is 607. The van der Waals surface area contributed by atoms with Crippen LogP contribution in [0.2, 0.25) is 0 Å². The number of halogens is 2. The summed E-state index contributed by atoms with van der Waals surface area (Å²) in [5.74, 6) is -0.236. The maximum absolute atomic E-state index is 13.4. The zero-order valence-corrected chi connectivity index (χ0v) is 13.6. The fourth-order valence-corrected chi connectivity index (χ4v) is 2.47. The molecule has 1 aromatic carbocycles. The fourth-order valence-electron chi connectivity index (χ4n) is 2.13. The molecule has 0 aliphatic heterocycles. The number of anilines is 1. The van der Waals surface area contributed by atoms with Gasteiger partial charge in [0.25, 0.3) is 0 Å². The topological polar surface area (TPSA) is 29.9 Å². The van der Waals surface area contributed by atoms with Crippen molar-refractivity contribution in [2.75, 3.05) is 5.32 Å². The van der Waals surface area contributed by atoms with Crippen LogP contribution in [0, 0.1) is 12.7 Å². The molecular formula is C15H19BrFN3. The molecule has 0 radical (unpaired) electrons. The summed E-state index contributed by atoms with van der Waals surface area (Å²) >= 11 is 3.22. The molecule has 5 heteroatoms. The molecule has 0 bridgehead atoms. The summed E-state index contributed by atoms with van der Waals surface area (Å²) in [5.41, 5.74) is 4.06. The molecule has 108 valence electrons. The van der Waals surface area contributed by atoms with E-state index in [1.54, 1.807) is 6.07 Å². The molecule has 1 aromatic heterocycles. The highest BCUT2D eigenvalue weighted by Crippen LogP contribution is 2.24. The SMILES string of the molecule is CCc1cc(CNc2cc(Br)c(F)cc2C)n(CC)n1. The molecule has 0 saturated carbocycles. The Morgan fingerprint density at radius 3 is 2.70 bits per heavy atom. The Hall–Kier alpha value is -1.36. The fraction of sp³-hybridized carbons (Fsp3) is 0.400. The van der Waals surface area contributed by atoms with Crippen molar-refractivity contribution in [3.05, 3.63) is 45.4 Å². The zero-order chi connectivity index (χ0) is 14.7. The van der Waals surface area contributed by atoms with Gasteiger partial charge in [0.15, 0.2) is 0 Å². The first-order valence-corrected chi connectivity index (χ1v) is 7.59. The van der Waals surface area contributed by atoms with E-state index in [9.17, 15) is 4.39 Å². The summed E-state index contributed by atoms with van der Waals surface area (Å²) < 4.78 is 15.9. The third-order valence-electron chi connectivity index (χ3n) is 3.30. The molecule has 0 atom stereocenters.